The number of aromatic nitrogens is 4. The van der Waals surface area contributed by atoms with E-state index >= 15 is 0 Å². The molecule has 5 rings (SSSR count). The molecule has 2 fully saturated rings. The third kappa shape index (κ3) is 5.08. The van der Waals surface area contributed by atoms with Crippen molar-refractivity contribution in [2.24, 2.45) is 0 Å². The van der Waals surface area contributed by atoms with Crippen molar-refractivity contribution < 1.29 is 14.2 Å². The minimum Gasteiger partial charge on any atom is -0.488 e. The predicted molar refractivity (Wildman–Crippen MR) is 126 cm³/mol. The maximum atomic E-state index is 6.51. The zero-order valence-electron chi connectivity index (χ0n) is 19.2. The fourth-order valence-corrected chi connectivity index (χ4v) is 4.52. The number of rotatable bonds is 6. The number of fused-ring (bicyclic) bond motifs is 1. The van der Waals surface area contributed by atoms with Crippen LogP contribution in [0, 0.1) is 6.92 Å². The molecular formula is C24H30N6O3. The van der Waals surface area contributed by atoms with E-state index in [0.717, 1.165) is 80.2 Å². The van der Waals surface area contributed by atoms with Crippen LogP contribution in [0.4, 0.5) is 11.6 Å². The van der Waals surface area contributed by atoms with Crippen LogP contribution in [-0.2, 0) is 4.74 Å². The second-order valence-electron chi connectivity index (χ2n) is 8.58. The van der Waals surface area contributed by atoms with E-state index in [-0.39, 0.29) is 6.10 Å². The van der Waals surface area contributed by atoms with Crippen LogP contribution < -0.4 is 19.7 Å². The molecule has 2 aliphatic rings. The number of anilines is 2. The molecule has 9 heteroatoms. The van der Waals surface area contributed by atoms with Gasteiger partial charge in [-0.15, -0.1) is 0 Å². The first-order chi connectivity index (χ1) is 16.2. The SMILES string of the molecule is COc1cc(C)nc(N[C@H]2CC[C@@H](Oc3cc(N4CCOCC4)cc4nccnc34)CC2)n1. The molecule has 1 saturated carbocycles. The topological polar surface area (TPSA) is 94.5 Å². The third-order valence-electron chi connectivity index (χ3n) is 6.24. The van der Waals surface area contributed by atoms with E-state index in [2.05, 4.69) is 42.3 Å². The molecule has 1 saturated heterocycles. The lowest BCUT2D eigenvalue weighted by atomic mass is 9.93. The predicted octanol–water partition coefficient (Wildman–Crippen LogP) is 3.38. The van der Waals surface area contributed by atoms with Crippen molar-refractivity contribution in [2.75, 3.05) is 43.6 Å². The standard InChI is InChI=1S/C24H30N6O3/c1-16-13-22(31-2)29-24(27-16)28-17-3-5-19(6-4-17)33-21-15-18(30-9-11-32-12-10-30)14-20-23(21)26-8-7-25-20/h7-8,13-15,17,19H,3-6,9-12H2,1-2H3,(H,27,28,29)/t17-,19+. The molecule has 1 aliphatic carbocycles. The molecule has 1 N–H and O–H groups in total. The fourth-order valence-electron chi connectivity index (χ4n) is 4.52. The van der Waals surface area contributed by atoms with Gasteiger partial charge in [-0.1, -0.05) is 0 Å². The smallest absolute Gasteiger partial charge is 0.226 e. The highest BCUT2D eigenvalue weighted by molar-refractivity contribution is 5.85. The van der Waals surface area contributed by atoms with Gasteiger partial charge in [0, 0.05) is 55.0 Å². The Bertz CT molecular complexity index is 1100. The highest BCUT2D eigenvalue weighted by Crippen LogP contribution is 2.33. The van der Waals surface area contributed by atoms with Gasteiger partial charge in [-0.3, -0.25) is 4.98 Å². The Morgan fingerprint density at radius 2 is 1.79 bits per heavy atom. The van der Waals surface area contributed by atoms with E-state index in [0.29, 0.717) is 17.9 Å². The molecule has 33 heavy (non-hydrogen) atoms. The Labute approximate surface area is 193 Å². The molecule has 0 bridgehead atoms. The van der Waals surface area contributed by atoms with Crippen LogP contribution in [0.1, 0.15) is 31.4 Å². The summed E-state index contributed by atoms with van der Waals surface area (Å²) in [5, 5.41) is 3.46. The van der Waals surface area contributed by atoms with Crippen LogP contribution in [0.15, 0.2) is 30.6 Å². The Hall–Kier alpha value is -3.20. The van der Waals surface area contributed by atoms with Crippen LogP contribution in [-0.4, -0.2) is 65.5 Å². The third-order valence-corrected chi connectivity index (χ3v) is 6.24. The van der Waals surface area contributed by atoms with Gasteiger partial charge in [0.05, 0.1) is 31.9 Å². The zero-order chi connectivity index (χ0) is 22.6. The van der Waals surface area contributed by atoms with Crippen LogP contribution in [0.5, 0.6) is 11.6 Å². The fraction of sp³-hybridized carbons (Fsp3) is 0.500. The molecule has 1 aromatic carbocycles. The lowest BCUT2D eigenvalue weighted by Gasteiger charge is -2.31. The first kappa shape index (κ1) is 21.6. The lowest BCUT2D eigenvalue weighted by Crippen LogP contribution is -2.36. The zero-order valence-corrected chi connectivity index (χ0v) is 19.2. The first-order valence-electron chi connectivity index (χ1n) is 11.6. The molecule has 3 aromatic rings. The number of methoxy groups -OCH3 is 1. The van der Waals surface area contributed by atoms with E-state index in [4.69, 9.17) is 14.2 Å². The average molecular weight is 451 g/mol. The van der Waals surface area contributed by atoms with Gasteiger partial charge in [-0.05, 0) is 38.7 Å². The number of aryl methyl sites for hydroxylation is 1. The van der Waals surface area contributed by atoms with Crippen molar-refractivity contribution in [3.8, 4) is 11.6 Å². The van der Waals surface area contributed by atoms with Crippen molar-refractivity contribution in [3.63, 3.8) is 0 Å². The first-order valence-corrected chi connectivity index (χ1v) is 11.6. The van der Waals surface area contributed by atoms with Crippen molar-refractivity contribution in [3.05, 3.63) is 36.3 Å². The number of hydrogen-bond donors (Lipinski definition) is 1. The van der Waals surface area contributed by atoms with Crippen molar-refractivity contribution in [1.82, 2.24) is 19.9 Å². The Morgan fingerprint density at radius 3 is 2.58 bits per heavy atom. The van der Waals surface area contributed by atoms with E-state index in [9.17, 15) is 0 Å². The summed E-state index contributed by atoms with van der Waals surface area (Å²) in [7, 11) is 1.62. The van der Waals surface area contributed by atoms with Crippen LogP contribution >= 0.6 is 0 Å². The normalized spacial score (nSPS) is 21.1. The number of nitrogens with one attached hydrogen (secondary N) is 1. The molecule has 0 amide bonds. The van der Waals surface area contributed by atoms with Crippen LogP contribution in [0.3, 0.4) is 0 Å². The largest absolute Gasteiger partial charge is 0.488 e. The molecule has 174 valence electrons. The molecule has 9 nitrogen and oxygen atoms in total. The molecule has 0 spiro atoms. The van der Waals surface area contributed by atoms with E-state index in [1.807, 2.05) is 13.0 Å². The van der Waals surface area contributed by atoms with E-state index in [1.165, 1.54) is 0 Å². The van der Waals surface area contributed by atoms with Gasteiger partial charge in [-0.2, -0.15) is 4.98 Å². The van der Waals surface area contributed by atoms with E-state index < -0.39 is 0 Å². The summed E-state index contributed by atoms with van der Waals surface area (Å²) in [5.74, 6) is 2.01. The highest BCUT2D eigenvalue weighted by Gasteiger charge is 2.25. The van der Waals surface area contributed by atoms with Gasteiger partial charge in [0.15, 0.2) is 0 Å². The summed E-state index contributed by atoms with van der Waals surface area (Å²) in [6.07, 6.45) is 7.46. The summed E-state index contributed by atoms with van der Waals surface area (Å²) in [6.45, 7) is 5.16. The quantitative estimate of drug-likeness (QED) is 0.606. The van der Waals surface area contributed by atoms with Gasteiger partial charge in [0.2, 0.25) is 11.8 Å². The average Bonchev–Trinajstić information content (AvgIpc) is 2.85. The highest BCUT2D eigenvalue weighted by atomic mass is 16.5. The van der Waals surface area contributed by atoms with E-state index in [1.54, 1.807) is 19.5 Å². The maximum Gasteiger partial charge on any atom is 0.226 e. The maximum absolute atomic E-state index is 6.51. The van der Waals surface area contributed by atoms with Crippen LogP contribution in [0.2, 0.25) is 0 Å². The molecule has 3 heterocycles. The van der Waals surface area contributed by atoms with Gasteiger partial charge >= 0.3 is 0 Å². The van der Waals surface area contributed by atoms with Gasteiger partial charge in [-0.25, -0.2) is 9.97 Å². The Balaban J connectivity index is 1.26. The minimum atomic E-state index is 0.140. The molecule has 0 radical (unpaired) electrons. The molecular weight excluding hydrogens is 420 g/mol. The number of morpholine rings is 1. The van der Waals surface area contributed by atoms with Crippen molar-refractivity contribution in [2.45, 2.75) is 44.8 Å². The summed E-state index contributed by atoms with van der Waals surface area (Å²) in [5.41, 5.74) is 3.67. The Kier molecular flexibility index (Phi) is 6.39. The summed E-state index contributed by atoms with van der Waals surface area (Å²) >= 11 is 0. The number of benzene rings is 1. The molecule has 1 aliphatic heterocycles. The summed E-state index contributed by atoms with van der Waals surface area (Å²) < 4.78 is 17.3. The van der Waals surface area contributed by atoms with Crippen molar-refractivity contribution in [1.29, 1.82) is 0 Å². The second-order valence-corrected chi connectivity index (χ2v) is 8.58. The van der Waals surface area contributed by atoms with Gasteiger partial charge < -0.3 is 24.4 Å². The monoisotopic (exact) mass is 450 g/mol. The lowest BCUT2D eigenvalue weighted by molar-refractivity contribution is 0.122. The molecule has 2 aromatic heterocycles. The summed E-state index contributed by atoms with van der Waals surface area (Å²) in [4.78, 5) is 20.3. The second kappa shape index (κ2) is 9.74. The number of hydrogen-bond acceptors (Lipinski definition) is 9. The van der Waals surface area contributed by atoms with Crippen molar-refractivity contribution >= 4 is 22.7 Å². The minimum absolute atomic E-state index is 0.140. The molecule has 0 atom stereocenters. The van der Waals surface area contributed by atoms with Gasteiger partial charge in [0.25, 0.3) is 0 Å². The van der Waals surface area contributed by atoms with Crippen LogP contribution in [0.25, 0.3) is 11.0 Å². The molecule has 0 unspecified atom stereocenters. The number of ether oxygens (including phenoxy) is 3. The van der Waals surface area contributed by atoms with Gasteiger partial charge in [0.1, 0.15) is 11.3 Å². The number of nitrogens with zero attached hydrogens (tertiary/aromatic N) is 5. The summed E-state index contributed by atoms with van der Waals surface area (Å²) in [6, 6.07) is 6.35. The Morgan fingerprint density at radius 1 is 1.00 bits per heavy atom.